The number of amides is 1. The van der Waals surface area contributed by atoms with Gasteiger partial charge in [-0.15, -0.1) is 0 Å². The van der Waals surface area contributed by atoms with Crippen molar-refractivity contribution in [3.63, 3.8) is 0 Å². The number of sulfonamides is 1. The first kappa shape index (κ1) is 13.0. The summed E-state index contributed by atoms with van der Waals surface area (Å²) in [5.41, 5.74) is -0.399. The molecule has 0 radical (unpaired) electrons. The molecule has 5 nitrogen and oxygen atoms in total. The van der Waals surface area contributed by atoms with Gasteiger partial charge in [-0.25, -0.2) is 12.7 Å². The molecule has 1 aliphatic rings. The molecule has 1 aromatic carbocycles. The van der Waals surface area contributed by atoms with Gasteiger partial charge in [-0.05, 0) is 32.4 Å². The molecular weight excluding hydrogens is 254 g/mol. The molecule has 6 heteroatoms. The molecule has 0 spiro atoms. The van der Waals surface area contributed by atoms with Crippen molar-refractivity contribution in [2.75, 3.05) is 0 Å². The van der Waals surface area contributed by atoms with Gasteiger partial charge < -0.3 is 5.11 Å². The molecule has 1 aliphatic heterocycles. The molecule has 0 atom stereocenters. The highest BCUT2D eigenvalue weighted by Gasteiger charge is 2.47. The van der Waals surface area contributed by atoms with Crippen molar-refractivity contribution in [2.45, 2.75) is 37.8 Å². The number of fused-ring (bicyclic) bond motifs is 1. The molecule has 0 bridgehead atoms. The lowest BCUT2D eigenvalue weighted by Crippen LogP contribution is -2.45. The van der Waals surface area contributed by atoms with Gasteiger partial charge in [0, 0.05) is 0 Å². The number of rotatable bonds is 1. The first-order valence-electron chi connectivity index (χ1n) is 5.54. The Balaban J connectivity index is 2.77. The van der Waals surface area contributed by atoms with E-state index in [1.54, 1.807) is 26.8 Å². The Morgan fingerprint density at radius 3 is 2.39 bits per heavy atom. The minimum Gasteiger partial charge on any atom is -0.392 e. The summed E-state index contributed by atoms with van der Waals surface area (Å²) in [7, 11) is -3.81. The van der Waals surface area contributed by atoms with E-state index >= 15 is 0 Å². The van der Waals surface area contributed by atoms with E-state index in [-0.39, 0.29) is 17.1 Å². The van der Waals surface area contributed by atoms with E-state index in [9.17, 15) is 18.3 Å². The number of nitrogens with zero attached hydrogens (tertiary/aromatic N) is 1. The van der Waals surface area contributed by atoms with Gasteiger partial charge >= 0.3 is 0 Å². The Morgan fingerprint density at radius 2 is 1.89 bits per heavy atom. The third-order valence-corrected chi connectivity index (χ3v) is 4.90. The van der Waals surface area contributed by atoms with Gasteiger partial charge in [-0.2, -0.15) is 0 Å². The van der Waals surface area contributed by atoms with E-state index in [0.717, 1.165) is 4.31 Å². The van der Waals surface area contributed by atoms with Crippen LogP contribution in [0.25, 0.3) is 0 Å². The minimum absolute atomic E-state index is 0.0195. The van der Waals surface area contributed by atoms with Gasteiger partial charge in [0.2, 0.25) is 0 Å². The summed E-state index contributed by atoms with van der Waals surface area (Å²) in [6, 6.07) is 4.48. The molecule has 1 N–H and O–H groups in total. The van der Waals surface area contributed by atoms with Gasteiger partial charge in [-0.3, -0.25) is 4.79 Å². The maximum atomic E-state index is 12.3. The summed E-state index contributed by atoms with van der Waals surface area (Å²) in [6.07, 6.45) is 0. The smallest absolute Gasteiger partial charge is 0.269 e. The summed E-state index contributed by atoms with van der Waals surface area (Å²) in [5, 5.41) is 9.21. The maximum absolute atomic E-state index is 12.3. The molecule has 0 unspecified atom stereocenters. The summed E-state index contributed by atoms with van der Waals surface area (Å²) in [4.78, 5) is 12.3. The highest BCUT2D eigenvalue weighted by molar-refractivity contribution is 7.90. The van der Waals surface area contributed by atoms with Crippen molar-refractivity contribution in [3.8, 4) is 0 Å². The monoisotopic (exact) mass is 269 g/mol. The summed E-state index contributed by atoms with van der Waals surface area (Å²) in [5.74, 6) is -0.567. The van der Waals surface area contributed by atoms with E-state index in [4.69, 9.17) is 0 Å². The van der Waals surface area contributed by atoms with Gasteiger partial charge in [0.1, 0.15) is 4.90 Å². The number of benzene rings is 1. The molecule has 0 saturated heterocycles. The number of carbonyl (C=O) groups excluding carboxylic acids is 1. The van der Waals surface area contributed by atoms with Gasteiger partial charge in [0.25, 0.3) is 15.9 Å². The molecule has 0 aromatic heterocycles. The maximum Gasteiger partial charge on any atom is 0.269 e. The van der Waals surface area contributed by atoms with Crippen LogP contribution in [0.1, 0.15) is 36.7 Å². The molecule has 0 fully saturated rings. The largest absolute Gasteiger partial charge is 0.392 e. The number of hydrogen-bond donors (Lipinski definition) is 1. The van der Waals surface area contributed by atoms with Crippen LogP contribution in [0.15, 0.2) is 23.1 Å². The van der Waals surface area contributed by atoms with Crippen LogP contribution in [0.5, 0.6) is 0 Å². The molecular formula is C12H15NO4S. The highest BCUT2D eigenvalue weighted by atomic mass is 32.2. The molecule has 98 valence electrons. The first-order chi connectivity index (χ1) is 8.21. The molecule has 1 amide bonds. The summed E-state index contributed by atoms with van der Waals surface area (Å²) < 4.78 is 25.5. The Kier molecular flexibility index (Phi) is 2.75. The highest BCUT2D eigenvalue weighted by Crippen LogP contribution is 2.37. The second-order valence-electron chi connectivity index (χ2n) is 5.19. The summed E-state index contributed by atoms with van der Waals surface area (Å²) in [6.45, 7) is 4.62. The quantitative estimate of drug-likeness (QED) is 0.829. The predicted octanol–water partition coefficient (Wildman–Crippen LogP) is 1.12. The van der Waals surface area contributed by atoms with E-state index in [1.807, 2.05) is 0 Å². The second kappa shape index (κ2) is 3.80. The van der Waals surface area contributed by atoms with Gasteiger partial charge in [0.15, 0.2) is 0 Å². The van der Waals surface area contributed by atoms with Crippen LogP contribution in [0.2, 0.25) is 0 Å². The lowest BCUT2D eigenvalue weighted by molar-refractivity contribution is 0.0784. The fourth-order valence-corrected chi connectivity index (χ4v) is 4.09. The van der Waals surface area contributed by atoms with Crippen LogP contribution < -0.4 is 0 Å². The average Bonchev–Trinajstić information content (AvgIpc) is 2.45. The zero-order valence-corrected chi connectivity index (χ0v) is 11.3. The van der Waals surface area contributed by atoms with Gasteiger partial charge in [-0.1, -0.05) is 12.1 Å². The molecule has 0 saturated carbocycles. The lowest BCUT2D eigenvalue weighted by Gasteiger charge is -2.29. The van der Waals surface area contributed by atoms with Crippen molar-refractivity contribution < 1.29 is 18.3 Å². The van der Waals surface area contributed by atoms with E-state index < -0.39 is 21.5 Å². The first-order valence-corrected chi connectivity index (χ1v) is 6.98. The Labute approximate surface area is 106 Å². The molecule has 18 heavy (non-hydrogen) atoms. The topological polar surface area (TPSA) is 74.7 Å². The van der Waals surface area contributed by atoms with E-state index in [0.29, 0.717) is 5.56 Å². The van der Waals surface area contributed by atoms with Crippen molar-refractivity contribution in [3.05, 3.63) is 29.3 Å². The van der Waals surface area contributed by atoms with Crippen LogP contribution in [0, 0.1) is 0 Å². The standard InChI is InChI=1S/C12H15NO4S/c1-12(2,3)13-11(15)10-8(7-14)5-4-6-9(10)18(13,16)17/h4-6,14H,7H2,1-3H3. The molecule has 1 heterocycles. The minimum atomic E-state index is -3.81. The van der Waals surface area contributed by atoms with Crippen LogP contribution >= 0.6 is 0 Å². The van der Waals surface area contributed by atoms with E-state index in [2.05, 4.69) is 0 Å². The Hall–Kier alpha value is -1.40. The lowest BCUT2D eigenvalue weighted by atomic mass is 10.0. The number of carbonyl (C=O) groups is 1. The SMILES string of the molecule is CC(C)(C)N1C(=O)c2c(CO)cccc2S1(=O)=O. The number of hydrogen-bond acceptors (Lipinski definition) is 4. The molecule has 0 aliphatic carbocycles. The van der Waals surface area contributed by atoms with Crippen LogP contribution in [0.4, 0.5) is 0 Å². The molecule has 1 aromatic rings. The molecule has 2 rings (SSSR count). The predicted molar refractivity (Wildman–Crippen MR) is 65.5 cm³/mol. The fourth-order valence-electron chi connectivity index (χ4n) is 2.14. The zero-order valence-electron chi connectivity index (χ0n) is 10.5. The Morgan fingerprint density at radius 1 is 1.28 bits per heavy atom. The zero-order chi connectivity index (χ0) is 13.7. The average molecular weight is 269 g/mol. The van der Waals surface area contributed by atoms with Gasteiger partial charge in [0.05, 0.1) is 17.7 Å². The second-order valence-corrected chi connectivity index (χ2v) is 6.95. The fraction of sp³-hybridized carbons (Fsp3) is 0.417. The normalized spacial score (nSPS) is 18.0. The van der Waals surface area contributed by atoms with Crippen molar-refractivity contribution in [1.82, 2.24) is 4.31 Å². The van der Waals surface area contributed by atoms with Crippen molar-refractivity contribution >= 4 is 15.9 Å². The number of aliphatic hydroxyl groups is 1. The summed E-state index contributed by atoms with van der Waals surface area (Å²) >= 11 is 0. The Bertz CT molecular complexity index is 613. The van der Waals surface area contributed by atoms with E-state index in [1.165, 1.54) is 12.1 Å². The van der Waals surface area contributed by atoms with Crippen LogP contribution in [-0.4, -0.2) is 29.3 Å². The third kappa shape index (κ3) is 1.64. The van der Waals surface area contributed by atoms with Crippen molar-refractivity contribution in [1.29, 1.82) is 0 Å². The van der Waals surface area contributed by atoms with Crippen molar-refractivity contribution in [2.24, 2.45) is 0 Å². The third-order valence-electron chi connectivity index (χ3n) is 2.81. The van der Waals surface area contributed by atoms with Crippen LogP contribution in [-0.2, 0) is 16.6 Å². The number of aliphatic hydroxyl groups excluding tert-OH is 1. The van der Waals surface area contributed by atoms with Crippen LogP contribution in [0.3, 0.4) is 0 Å².